The molecule has 0 saturated heterocycles. The fourth-order valence-electron chi connectivity index (χ4n) is 7.41. The van der Waals surface area contributed by atoms with E-state index in [0.717, 1.165) is 18.8 Å². The molecule has 0 N–H and O–H groups in total. The van der Waals surface area contributed by atoms with Gasteiger partial charge in [0.05, 0.1) is 0 Å². The molecule has 1 aliphatic heterocycles. The molecule has 0 radical (unpaired) electrons. The van der Waals surface area contributed by atoms with E-state index in [0.29, 0.717) is 23.7 Å². The van der Waals surface area contributed by atoms with E-state index >= 15 is 0 Å². The number of hydrogen-bond acceptors (Lipinski definition) is 2. The average Bonchev–Trinajstić information content (AvgIpc) is 2.89. The fourth-order valence-corrected chi connectivity index (χ4v) is 7.41. The summed E-state index contributed by atoms with van der Waals surface area (Å²) in [5.74, 6) is 2.92. The molecular formula is C21H31NO2. The minimum atomic E-state index is 0.112. The molecule has 1 amide bonds. The monoisotopic (exact) mass is 329 g/mol. The summed E-state index contributed by atoms with van der Waals surface area (Å²) < 4.78 is 0. The van der Waals surface area contributed by atoms with Gasteiger partial charge in [0.2, 0.25) is 5.91 Å². The van der Waals surface area contributed by atoms with Crippen LogP contribution in [0.5, 0.6) is 0 Å². The number of nitrogens with zero attached hydrogens (tertiary/aromatic N) is 1. The van der Waals surface area contributed by atoms with Crippen molar-refractivity contribution in [3.63, 3.8) is 0 Å². The Labute approximate surface area is 145 Å². The summed E-state index contributed by atoms with van der Waals surface area (Å²) in [6, 6.07) is 0.352. The molecular weight excluding hydrogens is 298 g/mol. The third-order valence-electron chi connectivity index (χ3n) is 8.62. The Kier molecular flexibility index (Phi) is 3.54. The van der Waals surface area contributed by atoms with Crippen molar-refractivity contribution in [1.29, 1.82) is 0 Å². The first-order valence-corrected chi connectivity index (χ1v) is 9.75. The number of carbonyl (C=O) groups excluding carboxylic acids is 2. The number of rotatable bonds is 1. The molecule has 132 valence electrons. The summed E-state index contributed by atoms with van der Waals surface area (Å²) in [6.45, 7) is 6.58. The lowest BCUT2D eigenvalue weighted by molar-refractivity contribution is -0.141. The number of likely N-dealkylation sites (N-methyl/N-ethyl adjacent to an activating group) is 1. The largest absolute Gasteiger partial charge is 0.338 e. The predicted octanol–water partition coefficient (Wildman–Crippen LogP) is 3.83. The van der Waals surface area contributed by atoms with Gasteiger partial charge in [-0.15, -0.1) is 0 Å². The van der Waals surface area contributed by atoms with Crippen molar-refractivity contribution >= 4 is 11.7 Å². The van der Waals surface area contributed by atoms with Crippen molar-refractivity contribution in [3.05, 3.63) is 12.2 Å². The Hall–Kier alpha value is -1.12. The molecule has 7 atom stereocenters. The predicted molar refractivity (Wildman–Crippen MR) is 94.3 cm³/mol. The highest BCUT2D eigenvalue weighted by molar-refractivity contribution is 5.89. The number of hydrogen-bond donors (Lipinski definition) is 0. The molecule has 4 aliphatic rings. The normalized spacial score (nSPS) is 50.2. The molecule has 2 unspecified atom stereocenters. The van der Waals surface area contributed by atoms with Crippen LogP contribution in [0.15, 0.2) is 12.2 Å². The summed E-state index contributed by atoms with van der Waals surface area (Å²) in [5, 5.41) is 0. The third-order valence-corrected chi connectivity index (χ3v) is 8.62. The Balaban J connectivity index is 1.68. The van der Waals surface area contributed by atoms with E-state index < -0.39 is 0 Å². The van der Waals surface area contributed by atoms with Gasteiger partial charge >= 0.3 is 0 Å². The van der Waals surface area contributed by atoms with Gasteiger partial charge in [0, 0.05) is 24.4 Å². The van der Waals surface area contributed by atoms with Crippen molar-refractivity contribution in [1.82, 2.24) is 4.90 Å². The Bertz CT molecular complexity index is 611. The number of Topliss-reactive ketones (excluding diaryl/α,β-unsaturated/α-hetero) is 1. The highest BCUT2D eigenvalue weighted by Gasteiger charge is 2.60. The number of ketones is 1. The summed E-state index contributed by atoms with van der Waals surface area (Å²) >= 11 is 0. The first-order chi connectivity index (χ1) is 11.3. The summed E-state index contributed by atoms with van der Waals surface area (Å²) in [5.41, 5.74) is 0.331. The van der Waals surface area contributed by atoms with Gasteiger partial charge in [-0.05, 0) is 74.7 Å². The van der Waals surface area contributed by atoms with Crippen molar-refractivity contribution < 1.29 is 9.59 Å². The molecule has 4 rings (SSSR count). The van der Waals surface area contributed by atoms with E-state index in [1.54, 1.807) is 13.0 Å². The number of amides is 1. The number of carbonyl (C=O) groups is 2. The molecule has 3 heteroatoms. The minimum absolute atomic E-state index is 0.112. The molecule has 24 heavy (non-hydrogen) atoms. The molecule has 3 aliphatic carbocycles. The Morgan fingerprint density at radius 1 is 1.12 bits per heavy atom. The topological polar surface area (TPSA) is 37.4 Å². The van der Waals surface area contributed by atoms with Crippen LogP contribution in [0.25, 0.3) is 0 Å². The van der Waals surface area contributed by atoms with Crippen LogP contribution in [0, 0.1) is 34.5 Å². The minimum Gasteiger partial charge on any atom is -0.338 e. The second-order valence-corrected chi connectivity index (χ2v) is 9.40. The van der Waals surface area contributed by atoms with E-state index in [1.807, 2.05) is 11.9 Å². The van der Waals surface area contributed by atoms with Crippen LogP contribution in [-0.2, 0) is 9.59 Å². The van der Waals surface area contributed by atoms with Crippen LogP contribution in [0.3, 0.4) is 0 Å². The van der Waals surface area contributed by atoms with Gasteiger partial charge in [-0.2, -0.15) is 0 Å². The quantitative estimate of drug-likeness (QED) is 0.733. The van der Waals surface area contributed by atoms with Gasteiger partial charge in [-0.25, -0.2) is 0 Å². The van der Waals surface area contributed by atoms with Gasteiger partial charge < -0.3 is 4.90 Å². The molecule has 3 saturated carbocycles. The molecule has 3 fully saturated rings. The van der Waals surface area contributed by atoms with E-state index in [4.69, 9.17) is 0 Å². The molecule has 0 aromatic rings. The van der Waals surface area contributed by atoms with Crippen molar-refractivity contribution in [3.8, 4) is 0 Å². The summed E-state index contributed by atoms with van der Waals surface area (Å²) in [6.07, 6.45) is 11.1. The average molecular weight is 329 g/mol. The number of fused-ring (bicyclic) bond motifs is 5. The lowest BCUT2D eigenvalue weighted by Crippen LogP contribution is -2.59. The van der Waals surface area contributed by atoms with E-state index in [9.17, 15) is 9.59 Å². The van der Waals surface area contributed by atoms with Gasteiger partial charge in [-0.1, -0.05) is 19.9 Å². The van der Waals surface area contributed by atoms with E-state index in [-0.39, 0.29) is 22.7 Å². The van der Waals surface area contributed by atoms with E-state index in [1.165, 1.54) is 25.7 Å². The van der Waals surface area contributed by atoms with Crippen molar-refractivity contribution in [2.75, 3.05) is 7.05 Å². The van der Waals surface area contributed by atoms with Crippen LogP contribution in [0.2, 0.25) is 0 Å². The van der Waals surface area contributed by atoms with Gasteiger partial charge in [0.1, 0.15) is 5.78 Å². The van der Waals surface area contributed by atoms with Gasteiger partial charge in [-0.3, -0.25) is 9.59 Å². The zero-order valence-corrected chi connectivity index (χ0v) is 15.5. The van der Waals surface area contributed by atoms with Crippen molar-refractivity contribution in [2.45, 2.75) is 65.3 Å². The standard InChI is InChI=1S/C21H31NO2/c1-13(23)15-6-7-16-14-5-8-18-21(3,12-10-19(24)22(18)4)17(14)9-11-20(15,16)2/h10,12,14-18H,5-9,11H2,1-4H3/t14?,15-,16+,17?,18-,20-,21-/m1/s1. The lowest BCUT2D eigenvalue weighted by Gasteiger charge is -2.60. The first-order valence-electron chi connectivity index (χ1n) is 9.75. The molecule has 0 aromatic heterocycles. The highest BCUT2D eigenvalue weighted by atomic mass is 16.2. The van der Waals surface area contributed by atoms with Gasteiger partial charge in [0.15, 0.2) is 0 Å². The second-order valence-electron chi connectivity index (χ2n) is 9.40. The van der Waals surface area contributed by atoms with E-state index in [2.05, 4.69) is 19.9 Å². The van der Waals surface area contributed by atoms with Gasteiger partial charge in [0.25, 0.3) is 0 Å². The van der Waals surface area contributed by atoms with Crippen LogP contribution >= 0.6 is 0 Å². The zero-order valence-electron chi connectivity index (χ0n) is 15.5. The second kappa shape index (κ2) is 5.19. The zero-order chi connectivity index (χ0) is 17.3. The molecule has 0 aromatic carbocycles. The van der Waals surface area contributed by atoms with Crippen LogP contribution in [-0.4, -0.2) is 29.7 Å². The van der Waals surface area contributed by atoms with Crippen LogP contribution < -0.4 is 0 Å². The lowest BCUT2D eigenvalue weighted by atomic mass is 9.47. The highest BCUT2D eigenvalue weighted by Crippen LogP contribution is 2.65. The van der Waals surface area contributed by atoms with Crippen LogP contribution in [0.4, 0.5) is 0 Å². The smallest absolute Gasteiger partial charge is 0.246 e. The SMILES string of the molecule is CC(=O)[C@H]1CC[C@H]2C3CC[C@H]4N(C)C(=O)C=C[C@]4(C)C3CC[C@]12C. The maximum Gasteiger partial charge on any atom is 0.246 e. The molecule has 0 spiro atoms. The maximum absolute atomic E-state index is 12.2. The molecule has 0 bridgehead atoms. The first kappa shape index (κ1) is 16.4. The molecule has 1 heterocycles. The fraction of sp³-hybridized carbons (Fsp3) is 0.810. The van der Waals surface area contributed by atoms with Crippen molar-refractivity contribution in [2.24, 2.45) is 34.5 Å². The summed E-state index contributed by atoms with van der Waals surface area (Å²) in [7, 11) is 1.98. The Morgan fingerprint density at radius 2 is 1.88 bits per heavy atom. The third kappa shape index (κ3) is 1.96. The maximum atomic E-state index is 12.2. The van der Waals surface area contributed by atoms with Crippen LogP contribution in [0.1, 0.15) is 59.3 Å². The molecule has 3 nitrogen and oxygen atoms in total. The Morgan fingerprint density at radius 3 is 2.58 bits per heavy atom. The summed E-state index contributed by atoms with van der Waals surface area (Å²) in [4.78, 5) is 26.3.